The maximum Gasteiger partial charge on any atom is 0.147 e. The topological polar surface area (TPSA) is 32.7 Å². The van der Waals surface area contributed by atoms with E-state index in [9.17, 15) is 4.79 Å². The lowest BCUT2D eigenvalue weighted by molar-refractivity contribution is -0.105. The predicted molar refractivity (Wildman–Crippen MR) is 73.6 cm³/mol. The van der Waals surface area contributed by atoms with E-state index in [-0.39, 0.29) is 0 Å². The highest BCUT2D eigenvalue weighted by Crippen LogP contribution is 2.16. The van der Waals surface area contributed by atoms with Crippen LogP contribution in [0.2, 0.25) is 0 Å². The average molecular weight is 234 g/mol. The van der Waals surface area contributed by atoms with Crippen LogP contribution >= 0.6 is 0 Å². The van der Waals surface area contributed by atoms with Crippen LogP contribution in [-0.4, -0.2) is 17.5 Å². The molecule has 0 radical (unpaired) electrons. The molecule has 1 rings (SSSR count). The number of carbonyl (C=O) groups excluding carboxylic acids is 1. The molecule has 1 aliphatic rings. The van der Waals surface area contributed by atoms with Crippen molar-refractivity contribution in [3.05, 3.63) is 35.7 Å². The maximum absolute atomic E-state index is 10.7. The molecule has 1 heterocycles. The molecule has 0 aliphatic carbocycles. The van der Waals surface area contributed by atoms with Gasteiger partial charge in [-0.05, 0) is 25.0 Å². The molecule has 0 amide bonds. The Balaban J connectivity index is 0.00000121. The largest absolute Gasteiger partial charge is 0.298 e. The van der Waals surface area contributed by atoms with E-state index in [1.165, 1.54) is 0 Å². The van der Waals surface area contributed by atoms with E-state index in [4.69, 9.17) is 0 Å². The summed E-state index contributed by atoms with van der Waals surface area (Å²) in [6.07, 6.45) is 10.2. The molecule has 0 fully saturated rings. The Hall–Kier alpha value is -1.64. The number of carbonyl (C=O) groups is 1. The van der Waals surface area contributed by atoms with Gasteiger partial charge in [0.1, 0.15) is 6.29 Å². The van der Waals surface area contributed by atoms with Crippen molar-refractivity contribution in [1.82, 2.24) is 5.01 Å². The zero-order valence-corrected chi connectivity index (χ0v) is 11.3. The molecule has 0 aromatic rings. The number of allylic oxidation sites excluding steroid dienone is 4. The summed E-state index contributed by atoms with van der Waals surface area (Å²) in [4.78, 5) is 10.7. The van der Waals surface area contributed by atoms with Gasteiger partial charge in [-0.3, -0.25) is 4.79 Å². The van der Waals surface area contributed by atoms with Crippen LogP contribution in [0.1, 0.15) is 34.6 Å². The molecule has 0 bridgehead atoms. The molecular formula is C14H22N2O. The summed E-state index contributed by atoms with van der Waals surface area (Å²) >= 11 is 0. The molecule has 0 N–H and O–H groups in total. The van der Waals surface area contributed by atoms with Crippen molar-refractivity contribution in [3.8, 4) is 0 Å². The van der Waals surface area contributed by atoms with E-state index in [0.717, 1.165) is 12.0 Å². The van der Waals surface area contributed by atoms with Crippen molar-refractivity contribution in [1.29, 1.82) is 0 Å². The fourth-order valence-corrected chi connectivity index (χ4v) is 1.11. The van der Waals surface area contributed by atoms with Crippen molar-refractivity contribution in [2.24, 2.45) is 11.0 Å². The van der Waals surface area contributed by atoms with E-state index in [1.807, 2.05) is 44.5 Å². The fraction of sp³-hybridized carbons (Fsp3) is 0.429. The molecule has 0 aromatic carbocycles. The van der Waals surface area contributed by atoms with Gasteiger partial charge in [0.05, 0.1) is 5.70 Å². The number of hydrazone groups is 1. The molecule has 1 aliphatic heterocycles. The third kappa shape index (κ3) is 5.29. The van der Waals surface area contributed by atoms with Gasteiger partial charge in [-0.2, -0.15) is 5.10 Å². The van der Waals surface area contributed by atoms with Gasteiger partial charge < -0.3 is 0 Å². The number of hydrogen-bond donors (Lipinski definition) is 0. The summed E-state index contributed by atoms with van der Waals surface area (Å²) in [5.41, 5.74) is 1.50. The predicted octanol–water partition coefficient (Wildman–Crippen LogP) is 3.51. The Labute approximate surface area is 104 Å². The third-order valence-electron chi connectivity index (χ3n) is 1.91. The lowest BCUT2D eigenvalue weighted by Crippen LogP contribution is -2.13. The zero-order chi connectivity index (χ0) is 13.3. The first kappa shape index (κ1) is 15.4. The lowest BCUT2D eigenvalue weighted by Gasteiger charge is -2.19. The van der Waals surface area contributed by atoms with Crippen LogP contribution in [0.25, 0.3) is 0 Å². The van der Waals surface area contributed by atoms with Crippen molar-refractivity contribution >= 4 is 12.5 Å². The van der Waals surface area contributed by atoms with Gasteiger partial charge in [0, 0.05) is 18.0 Å². The summed E-state index contributed by atoms with van der Waals surface area (Å²) < 4.78 is 0. The molecule has 3 nitrogen and oxygen atoms in total. The Kier molecular flexibility index (Phi) is 7.68. The van der Waals surface area contributed by atoms with Crippen LogP contribution < -0.4 is 0 Å². The summed E-state index contributed by atoms with van der Waals surface area (Å²) in [6, 6.07) is 0. The quantitative estimate of drug-likeness (QED) is 0.425. The minimum atomic E-state index is 0.391. The minimum absolute atomic E-state index is 0.391. The van der Waals surface area contributed by atoms with E-state index >= 15 is 0 Å². The number of rotatable bonds is 3. The first-order valence-corrected chi connectivity index (χ1v) is 5.99. The Bertz CT molecular complexity index is 349. The standard InChI is InChI=1S/C12H16N2O.C2H6/c1-10(2)8-13-14-7-5-4-6-12(14)11(3)9-15;1-2/h4-10H,1-3H3;1-2H3/b12-11+,13-8+;. The first-order chi connectivity index (χ1) is 8.15. The fourth-order valence-electron chi connectivity index (χ4n) is 1.11. The molecule has 0 atom stereocenters. The summed E-state index contributed by atoms with van der Waals surface area (Å²) in [5, 5.41) is 6.00. The van der Waals surface area contributed by atoms with Crippen LogP contribution in [0.15, 0.2) is 40.8 Å². The molecular weight excluding hydrogens is 212 g/mol. The maximum atomic E-state index is 10.7. The highest BCUT2D eigenvalue weighted by Gasteiger charge is 2.07. The van der Waals surface area contributed by atoms with Crippen molar-refractivity contribution < 1.29 is 4.79 Å². The Morgan fingerprint density at radius 1 is 1.35 bits per heavy atom. The van der Waals surface area contributed by atoms with Gasteiger partial charge >= 0.3 is 0 Å². The second-order valence-corrected chi connectivity index (χ2v) is 3.74. The molecule has 0 aromatic heterocycles. The second-order valence-electron chi connectivity index (χ2n) is 3.74. The van der Waals surface area contributed by atoms with Gasteiger partial charge in [-0.25, -0.2) is 5.01 Å². The highest BCUT2D eigenvalue weighted by atomic mass is 16.1. The van der Waals surface area contributed by atoms with Crippen molar-refractivity contribution in [3.63, 3.8) is 0 Å². The van der Waals surface area contributed by atoms with Crippen LogP contribution in [0.5, 0.6) is 0 Å². The molecule has 94 valence electrons. The van der Waals surface area contributed by atoms with Gasteiger partial charge in [0.15, 0.2) is 0 Å². The smallest absolute Gasteiger partial charge is 0.147 e. The molecule has 0 spiro atoms. The van der Waals surface area contributed by atoms with Crippen LogP contribution in [0.3, 0.4) is 0 Å². The molecule has 0 saturated heterocycles. The third-order valence-corrected chi connectivity index (χ3v) is 1.91. The Morgan fingerprint density at radius 2 is 2.00 bits per heavy atom. The second kappa shape index (κ2) is 8.50. The van der Waals surface area contributed by atoms with Gasteiger partial charge in [0.25, 0.3) is 0 Å². The van der Waals surface area contributed by atoms with Gasteiger partial charge in [-0.15, -0.1) is 0 Å². The average Bonchev–Trinajstić information content (AvgIpc) is 2.38. The summed E-state index contributed by atoms with van der Waals surface area (Å²) in [5.74, 6) is 0.391. The normalized spacial score (nSPS) is 17.2. The van der Waals surface area contributed by atoms with Gasteiger partial charge in [0.2, 0.25) is 0 Å². The summed E-state index contributed by atoms with van der Waals surface area (Å²) in [7, 11) is 0. The van der Waals surface area contributed by atoms with E-state index in [0.29, 0.717) is 11.5 Å². The monoisotopic (exact) mass is 234 g/mol. The SMILES string of the molecule is C/C(C=O)=C1/C=CC=CN1/N=C/C(C)C.CC. The zero-order valence-electron chi connectivity index (χ0n) is 11.3. The number of hydrogen-bond acceptors (Lipinski definition) is 3. The minimum Gasteiger partial charge on any atom is -0.298 e. The Morgan fingerprint density at radius 3 is 2.53 bits per heavy atom. The van der Waals surface area contributed by atoms with E-state index < -0.39 is 0 Å². The van der Waals surface area contributed by atoms with Crippen molar-refractivity contribution in [2.75, 3.05) is 0 Å². The lowest BCUT2D eigenvalue weighted by atomic mass is 10.2. The summed E-state index contributed by atoms with van der Waals surface area (Å²) in [6.45, 7) is 9.90. The van der Waals surface area contributed by atoms with Gasteiger partial charge in [-0.1, -0.05) is 33.8 Å². The van der Waals surface area contributed by atoms with Crippen molar-refractivity contribution in [2.45, 2.75) is 34.6 Å². The number of nitrogens with zero attached hydrogens (tertiary/aromatic N) is 2. The number of aldehydes is 1. The molecule has 0 saturated carbocycles. The van der Waals surface area contributed by atoms with E-state index in [2.05, 4.69) is 18.9 Å². The molecule has 0 unspecified atom stereocenters. The van der Waals surface area contributed by atoms with Crippen LogP contribution in [0, 0.1) is 5.92 Å². The molecule has 3 heteroatoms. The van der Waals surface area contributed by atoms with Crippen LogP contribution in [-0.2, 0) is 4.79 Å². The molecule has 17 heavy (non-hydrogen) atoms. The first-order valence-electron chi connectivity index (χ1n) is 5.99. The van der Waals surface area contributed by atoms with Crippen LogP contribution in [0.4, 0.5) is 0 Å². The highest BCUT2D eigenvalue weighted by molar-refractivity contribution is 5.74. The van der Waals surface area contributed by atoms with E-state index in [1.54, 1.807) is 11.9 Å².